The van der Waals surface area contributed by atoms with E-state index in [2.05, 4.69) is 15.5 Å². The van der Waals surface area contributed by atoms with Gasteiger partial charge in [-0.1, -0.05) is 77.2 Å². The summed E-state index contributed by atoms with van der Waals surface area (Å²) in [5.41, 5.74) is 2.34. The van der Waals surface area contributed by atoms with Gasteiger partial charge in [-0.15, -0.1) is 0 Å². The maximum atomic E-state index is 12.5. The maximum Gasteiger partial charge on any atom is 0.279 e. The van der Waals surface area contributed by atoms with Crippen LogP contribution >= 0.6 is 11.3 Å². The third kappa shape index (κ3) is 3.60. The van der Waals surface area contributed by atoms with Crippen molar-refractivity contribution in [1.29, 1.82) is 0 Å². The summed E-state index contributed by atoms with van der Waals surface area (Å²) < 4.78 is 5.26. The summed E-state index contributed by atoms with van der Waals surface area (Å²) in [6.07, 6.45) is 0. The summed E-state index contributed by atoms with van der Waals surface area (Å²) in [6.45, 7) is 1.48. The zero-order valence-corrected chi connectivity index (χ0v) is 15.7. The third-order valence-electron chi connectivity index (χ3n) is 4.02. The summed E-state index contributed by atoms with van der Waals surface area (Å²) in [5, 5.41) is 6.87. The highest BCUT2D eigenvalue weighted by atomic mass is 32.1. The molecule has 0 saturated heterocycles. The molecule has 2 aromatic heterocycles. The molecule has 0 spiro atoms. The van der Waals surface area contributed by atoms with Crippen LogP contribution in [0.25, 0.3) is 22.6 Å². The molecule has 0 aliphatic rings. The molecule has 0 fully saturated rings. The summed E-state index contributed by atoms with van der Waals surface area (Å²) in [4.78, 5) is 29.5. The van der Waals surface area contributed by atoms with E-state index in [9.17, 15) is 9.59 Å². The van der Waals surface area contributed by atoms with Gasteiger partial charge < -0.3 is 4.52 Å². The average Bonchev–Trinajstić information content (AvgIpc) is 3.37. The van der Waals surface area contributed by atoms with E-state index in [4.69, 9.17) is 4.52 Å². The SMILES string of the molecule is CC(=O)c1sc(NC(=O)c2cc(-c3ccccc3)on2)nc1-c1ccccc1. The maximum absolute atomic E-state index is 12.5. The van der Waals surface area contributed by atoms with Crippen LogP contribution in [0.1, 0.15) is 27.1 Å². The Hall–Kier alpha value is -3.58. The molecule has 0 atom stereocenters. The van der Waals surface area contributed by atoms with Gasteiger partial charge in [0.2, 0.25) is 0 Å². The average molecular weight is 389 g/mol. The molecule has 28 heavy (non-hydrogen) atoms. The van der Waals surface area contributed by atoms with E-state index < -0.39 is 5.91 Å². The minimum absolute atomic E-state index is 0.107. The second-order valence-corrected chi connectivity index (χ2v) is 7.01. The molecule has 6 nitrogen and oxygen atoms in total. The molecule has 7 heteroatoms. The molecule has 0 unspecified atom stereocenters. The summed E-state index contributed by atoms with van der Waals surface area (Å²) in [7, 11) is 0. The Morgan fingerprint density at radius 3 is 2.25 bits per heavy atom. The van der Waals surface area contributed by atoms with Crippen LogP contribution in [0.15, 0.2) is 71.3 Å². The van der Waals surface area contributed by atoms with Crippen LogP contribution in [0.5, 0.6) is 0 Å². The zero-order chi connectivity index (χ0) is 19.5. The number of anilines is 1. The van der Waals surface area contributed by atoms with Gasteiger partial charge in [-0.05, 0) is 0 Å². The zero-order valence-electron chi connectivity index (χ0n) is 14.9. The van der Waals surface area contributed by atoms with Crippen LogP contribution in [0.2, 0.25) is 0 Å². The van der Waals surface area contributed by atoms with Crippen molar-refractivity contribution in [3.05, 3.63) is 77.3 Å². The van der Waals surface area contributed by atoms with Gasteiger partial charge in [-0.25, -0.2) is 4.98 Å². The number of thiazole rings is 1. The van der Waals surface area contributed by atoms with Crippen molar-refractivity contribution in [2.24, 2.45) is 0 Å². The summed E-state index contributed by atoms with van der Waals surface area (Å²) >= 11 is 1.14. The number of nitrogens with zero attached hydrogens (tertiary/aromatic N) is 2. The van der Waals surface area contributed by atoms with E-state index >= 15 is 0 Å². The molecule has 1 amide bonds. The first-order valence-corrected chi connectivity index (χ1v) is 9.34. The molecule has 4 rings (SSSR count). The van der Waals surface area contributed by atoms with Crippen LogP contribution in [-0.4, -0.2) is 21.8 Å². The van der Waals surface area contributed by atoms with Crippen molar-refractivity contribution in [3.63, 3.8) is 0 Å². The third-order valence-corrected chi connectivity index (χ3v) is 5.09. The van der Waals surface area contributed by atoms with Gasteiger partial charge in [-0.2, -0.15) is 0 Å². The number of carbonyl (C=O) groups is 2. The van der Waals surface area contributed by atoms with Gasteiger partial charge in [0.1, 0.15) is 0 Å². The second kappa shape index (κ2) is 7.58. The smallest absolute Gasteiger partial charge is 0.279 e. The highest BCUT2D eigenvalue weighted by Crippen LogP contribution is 2.31. The molecule has 4 aromatic rings. The Morgan fingerprint density at radius 2 is 1.61 bits per heavy atom. The minimum Gasteiger partial charge on any atom is -0.355 e. The first-order chi connectivity index (χ1) is 13.6. The number of nitrogens with one attached hydrogen (secondary N) is 1. The molecular weight excluding hydrogens is 374 g/mol. The molecule has 1 N–H and O–H groups in total. The standard InChI is InChI=1S/C21H15N3O3S/c1-13(25)19-18(15-10-6-3-7-11-15)22-21(28-19)23-20(26)16-12-17(27-24-16)14-8-4-2-5-9-14/h2-12H,1H3,(H,22,23,26). The van der Waals surface area contributed by atoms with E-state index in [1.165, 1.54) is 6.92 Å². The normalized spacial score (nSPS) is 10.6. The Morgan fingerprint density at radius 1 is 0.964 bits per heavy atom. The van der Waals surface area contributed by atoms with Gasteiger partial charge in [0.15, 0.2) is 22.4 Å². The van der Waals surface area contributed by atoms with Crippen molar-refractivity contribution < 1.29 is 14.1 Å². The van der Waals surface area contributed by atoms with Crippen molar-refractivity contribution in [1.82, 2.24) is 10.1 Å². The lowest BCUT2D eigenvalue weighted by molar-refractivity contribution is 0.101. The molecule has 0 aliphatic carbocycles. The van der Waals surface area contributed by atoms with Gasteiger partial charge in [0.05, 0.1) is 10.6 Å². The molecule has 2 heterocycles. The minimum atomic E-state index is -0.450. The van der Waals surface area contributed by atoms with E-state index in [-0.39, 0.29) is 11.5 Å². The molecular formula is C21H15N3O3S. The van der Waals surface area contributed by atoms with E-state index in [1.807, 2.05) is 60.7 Å². The van der Waals surface area contributed by atoms with Crippen molar-refractivity contribution in [2.75, 3.05) is 5.32 Å². The van der Waals surface area contributed by atoms with Gasteiger partial charge >= 0.3 is 0 Å². The molecule has 0 saturated carbocycles. The lowest BCUT2D eigenvalue weighted by Gasteiger charge is -1.98. The highest BCUT2D eigenvalue weighted by molar-refractivity contribution is 7.18. The van der Waals surface area contributed by atoms with Gasteiger partial charge in [0.25, 0.3) is 5.91 Å². The van der Waals surface area contributed by atoms with Crippen molar-refractivity contribution >= 4 is 28.2 Å². The first kappa shape index (κ1) is 17.8. The Balaban J connectivity index is 1.59. The number of hydrogen-bond donors (Lipinski definition) is 1. The molecule has 0 bridgehead atoms. The number of hydrogen-bond acceptors (Lipinski definition) is 6. The summed E-state index contributed by atoms with van der Waals surface area (Å²) in [6, 6.07) is 20.3. The fourth-order valence-corrected chi connectivity index (χ4v) is 3.56. The fourth-order valence-electron chi connectivity index (χ4n) is 2.69. The number of aromatic nitrogens is 2. The van der Waals surface area contributed by atoms with Gasteiger partial charge in [0, 0.05) is 24.1 Å². The largest absolute Gasteiger partial charge is 0.355 e. The number of Topliss-reactive ketones (excluding diaryl/α,β-unsaturated/α-hetero) is 1. The van der Waals surface area contributed by atoms with E-state index in [0.29, 0.717) is 21.5 Å². The van der Waals surface area contributed by atoms with E-state index in [0.717, 1.165) is 22.5 Å². The van der Waals surface area contributed by atoms with Crippen molar-refractivity contribution in [3.8, 4) is 22.6 Å². The number of carbonyl (C=O) groups excluding carboxylic acids is 2. The second-order valence-electron chi connectivity index (χ2n) is 6.02. The highest BCUT2D eigenvalue weighted by Gasteiger charge is 2.20. The lowest BCUT2D eigenvalue weighted by atomic mass is 10.1. The number of rotatable bonds is 5. The monoisotopic (exact) mass is 389 g/mol. The quantitative estimate of drug-likeness (QED) is 0.490. The predicted octanol–water partition coefficient (Wildman–Crippen LogP) is 4.92. The predicted molar refractivity (Wildman–Crippen MR) is 107 cm³/mol. The van der Waals surface area contributed by atoms with Gasteiger partial charge in [-0.3, -0.25) is 14.9 Å². The molecule has 0 aliphatic heterocycles. The fraction of sp³-hybridized carbons (Fsp3) is 0.0476. The Bertz CT molecular complexity index is 1130. The first-order valence-electron chi connectivity index (χ1n) is 8.52. The van der Waals surface area contributed by atoms with Crippen LogP contribution in [0, 0.1) is 0 Å². The van der Waals surface area contributed by atoms with Crippen LogP contribution in [0.4, 0.5) is 5.13 Å². The van der Waals surface area contributed by atoms with Crippen LogP contribution in [-0.2, 0) is 0 Å². The Kier molecular flexibility index (Phi) is 4.82. The Labute approximate surface area is 164 Å². The van der Waals surface area contributed by atoms with Crippen LogP contribution < -0.4 is 5.32 Å². The molecule has 0 radical (unpaired) electrons. The van der Waals surface area contributed by atoms with Crippen molar-refractivity contribution in [2.45, 2.75) is 6.92 Å². The van der Waals surface area contributed by atoms with E-state index in [1.54, 1.807) is 6.07 Å². The molecule has 2 aromatic carbocycles. The number of amides is 1. The topological polar surface area (TPSA) is 85.1 Å². The molecule has 138 valence electrons. The number of benzene rings is 2. The summed E-state index contributed by atoms with van der Waals surface area (Å²) in [5.74, 6) is -0.0571. The lowest BCUT2D eigenvalue weighted by Crippen LogP contribution is -2.11. The number of ketones is 1. The van der Waals surface area contributed by atoms with Crippen LogP contribution in [0.3, 0.4) is 0 Å².